The molecule has 8 heteroatoms. The van der Waals surface area contributed by atoms with Gasteiger partial charge in [-0.05, 0) is 30.3 Å². The average molecular weight is 360 g/mol. The average Bonchev–Trinajstić information content (AvgIpc) is 2.61. The number of anilines is 2. The van der Waals surface area contributed by atoms with Crippen LogP contribution in [0.4, 0.5) is 15.8 Å². The van der Waals surface area contributed by atoms with Crippen LogP contribution in [0.25, 0.3) is 0 Å². The van der Waals surface area contributed by atoms with Gasteiger partial charge in [0.1, 0.15) is 16.8 Å². The number of piperazine rings is 1. The van der Waals surface area contributed by atoms with E-state index in [9.17, 15) is 18.1 Å². The van der Waals surface area contributed by atoms with Gasteiger partial charge in [-0.2, -0.15) is 5.26 Å². The van der Waals surface area contributed by atoms with Crippen molar-refractivity contribution in [2.24, 2.45) is 5.14 Å². The minimum absolute atomic E-state index is 0.1000. The van der Waals surface area contributed by atoms with E-state index in [1.807, 2.05) is 15.9 Å². The molecule has 1 fully saturated rings. The van der Waals surface area contributed by atoms with Gasteiger partial charge in [0.05, 0.1) is 16.9 Å². The van der Waals surface area contributed by atoms with Crippen LogP contribution >= 0.6 is 0 Å². The summed E-state index contributed by atoms with van der Waals surface area (Å²) in [5, 5.41) is 14.5. The molecule has 2 N–H and O–H groups in total. The topological polar surface area (TPSA) is 90.4 Å². The number of hydrogen-bond acceptors (Lipinski definition) is 5. The Balaban J connectivity index is 1.81. The molecular formula is C17H17FN4O2S. The van der Waals surface area contributed by atoms with Crippen molar-refractivity contribution >= 4 is 21.4 Å². The number of sulfonamides is 1. The van der Waals surface area contributed by atoms with Gasteiger partial charge >= 0.3 is 0 Å². The maximum Gasteiger partial charge on any atom is 0.240 e. The standard InChI is InChI=1S/C17H17FN4O2S/c18-14-5-6-15(13(11-14)12-19)21-7-9-22(10-8-21)16-3-1-2-4-17(16)25(20,23)24/h1-6,11H,7-10H2,(H2,20,23,24). The molecule has 1 saturated heterocycles. The largest absolute Gasteiger partial charge is 0.367 e. The molecule has 0 saturated carbocycles. The third-order valence-electron chi connectivity index (χ3n) is 4.21. The quantitative estimate of drug-likeness (QED) is 0.899. The van der Waals surface area contributed by atoms with Gasteiger partial charge in [0.25, 0.3) is 0 Å². The Hall–Kier alpha value is -2.63. The number of nitrogens with zero attached hydrogens (tertiary/aromatic N) is 3. The number of halogens is 1. The van der Waals surface area contributed by atoms with Gasteiger partial charge < -0.3 is 9.80 Å². The highest BCUT2D eigenvalue weighted by atomic mass is 32.2. The number of primary sulfonamides is 1. The van der Waals surface area contributed by atoms with Crippen LogP contribution in [0.5, 0.6) is 0 Å². The molecule has 0 spiro atoms. The zero-order valence-corrected chi connectivity index (χ0v) is 14.2. The first-order chi connectivity index (χ1) is 11.9. The van der Waals surface area contributed by atoms with Crippen LogP contribution < -0.4 is 14.9 Å². The number of benzene rings is 2. The Morgan fingerprint density at radius 1 is 1.00 bits per heavy atom. The second kappa shape index (κ2) is 6.70. The third-order valence-corrected chi connectivity index (χ3v) is 5.17. The van der Waals surface area contributed by atoms with Gasteiger partial charge in [-0.15, -0.1) is 0 Å². The Labute approximate surface area is 145 Å². The monoisotopic (exact) mass is 360 g/mol. The molecule has 1 heterocycles. The van der Waals surface area contributed by atoms with Crippen LogP contribution in [0.3, 0.4) is 0 Å². The highest BCUT2D eigenvalue weighted by Gasteiger charge is 2.23. The van der Waals surface area contributed by atoms with E-state index < -0.39 is 15.8 Å². The fourth-order valence-electron chi connectivity index (χ4n) is 3.02. The molecule has 2 aromatic carbocycles. The zero-order valence-electron chi connectivity index (χ0n) is 13.4. The van der Waals surface area contributed by atoms with E-state index in [1.54, 1.807) is 24.3 Å². The van der Waals surface area contributed by atoms with Crippen LogP contribution in [0.15, 0.2) is 47.4 Å². The normalized spacial score (nSPS) is 15.1. The van der Waals surface area contributed by atoms with E-state index in [0.29, 0.717) is 43.1 Å². The van der Waals surface area contributed by atoms with E-state index >= 15 is 0 Å². The first-order valence-electron chi connectivity index (χ1n) is 7.71. The van der Waals surface area contributed by atoms with Gasteiger partial charge in [0, 0.05) is 26.2 Å². The fourth-order valence-corrected chi connectivity index (χ4v) is 3.78. The second-order valence-corrected chi connectivity index (χ2v) is 7.29. The number of nitriles is 1. The smallest absolute Gasteiger partial charge is 0.240 e. The predicted octanol–water partition coefficient (Wildman–Crippen LogP) is 1.67. The van der Waals surface area contributed by atoms with Gasteiger partial charge in [-0.3, -0.25) is 0 Å². The minimum Gasteiger partial charge on any atom is -0.367 e. The van der Waals surface area contributed by atoms with Crippen LogP contribution in [0, 0.1) is 17.1 Å². The maximum atomic E-state index is 13.3. The highest BCUT2D eigenvalue weighted by molar-refractivity contribution is 7.89. The number of rotatable bonds is 3. The van der Waals surface area contributed by atoms with E-state index in [4.69, 9.17) is 5.14 Å². The lowest BCUT2D eigenvalue weighted by Gasteiger charge is -2.38. The van der Waals surface area contributed by atoms with Crippen LogP contribution in [0.1, 0.15) is 5.56 Å². The molecule has 0 atom stereocenters. The summed E-state index contributed by atoms with van der Waals surface area (Å²) in [6.07, 6.45) is 0. The van der Waals surface area contributed by atoms with E-state index in [-0.39, 0.29) is 4.90 Å². The Morgan fingerprint density at radius 3 is 2.20 bits per heavy atom. The lowest BCUT2D eigenvalue weighted by atomic mass is 10.1. The molecule has 0 bridgehead atoms. The van der Waals surface area contributed by atoms with Crippen molar-refractivity contribution in [2.45, 2.75) is 4.90 Å². The van der Waals surface area contributed by atoms with Crippen LogP contribution in [-0.4, -0.2) is 34.6 Å². The Kier molecular flexibility index (Phi) is 4.61. The van der Waals surface area contributed by atoms with Crippen molar-refractivity contribution in [1.82, 2.24) is 0 Å². The lowest BCUT2D eigenvalue weighted by Crippen LogP contribution is -2.47. The van der Waals surface area contributed by atoms with E-state index in [1.165, 1.54) is 18.2 Å². The fraction of sp³-hybridized carbons (Fsp3) is 0.235. The van der Waals surface area contributed by atoms with Crippen molar-refractivity contribution < 1.29 is 12.8 Å². The third kappa shape index (κ3) is 3.57. The molecule has 6 nitrogen and oxygen atoms in total. The highest BCUT2D eigenvalue weighted by Crippen LogP contribution is 2.27. The summed E-state index contributed by atoms with van der Waals surface area (Å²) in [4.78, 5) is 4.04. The van der Waals surface area contributed by atoms with Crippen molar-refractivity contribution in [3.05, 3.63) is 53.8 Å². The molecule has 0 amide bonds. The molecule has 0 unspecified atom stereocenters. The summed E-state index contributed by atoms with van der Waals surface area (Å²) in [6.45, 7) is 2.29. The number of para-hydroxylation sites is 1. The van der Waals surface area contributed by atoms with E-state index in [0.717, 1.165) is 0 Å². The first-order valence-corrected chi connectivity index (χ1v) is 9.26. The maximum absolute atomic E-state index is 13.3. The second-order valence-electron chi connectivity index (χ2n) is 5.76. The minimum atomic E-state index is -3.80. The van der Waals surface area contributed by atoms with Crippen LogP contribution in [0.2, 0.25) is 0 Å². The molecule has 0 aromatic heterocycles. The van der Waals surface area contributed by atoms with E-state index in [2.05, 4.69) is 0 Å². The summed E-state index contributed by atoms with van der Waals surface area (Å²) in [5.41, 5.74) is 1.55. The van der Waals surface area contributed by atoms with Crippen molar-refractivity contribution in [3.63, 3.8) is 0 Å². The van der Waals surface area contributed by atoms with Gasteiger partial charge in [0.15, 0.2) is 0 Å². The molecule has 25 heavy (non-hydrogen) atoms. The zero-order chi connectivity index (χ0) is 18.0. The summed E-state index contributed by atoms with van der Waals surface area (Å²) < 4.78 is 36.8. The molecule has 0 radical (unpaired) electrons. The molecule has 130 valence electrons. The molecular weight excluding hydrogens is 343 g/mol. The number of nitrogens with two attached hydrogens (primary N) is 1. The molecule has 3 rings (SSSR count). The number of hydrogen-bond donors (Lipinski definition) is 1. The van der Waals surface area contributed by atoms with Gasteiger partial charge in [-0.25, -0.2) is 17.9 Å². The molecule has 1 aliphatic heterocycles. The summed E-state index contributed by atoms with van der Waals surface area (Å²) in [7, 11) is -3.80. The van der Waals surface area contributed by atoms with Gasteiger partial charge in [0.2, 0.25) is 10.0 Å². The van der Waals surface area contributed by atoms with Crippen molar-refractivity contribution in [3.8, 4) is 6.07 Å². The lowest BCUT2D eigenvalue weighted by molar-refractivity contribution is 0.595. The summed E-state index contributed by atoms with van der Waals surface area (Å²) >= 11 is 0. The first kappa shape index (κ1) is 17.2. The molecule has 2 aromatic rings. The van der Waals surface area contributed by atoms with Gasteiger partial charge in [-0.1, -0.05) is 12.1 Å². The predicted molar refractivity (Wildman–Crippen MR) is 93.4 cm³/mol. The Bertz CT molecular complexity index is 932. The SMILES string of the molecule is N#Cc1cc(F)ccc1N1CCN(c2ccccc2S(N)(=O)=O)CC1. The van der Waals surface area contributed by atoms with Crippen molar-refractivity contribution in [2.75, 3.05) is 36.0 Å². The summed E-state index contributed by atoms with van der Waals surface area (Å²) in [5.74, 6) is -0.444. The Morgan fingerprint density at radius 2 is 1.60 bits per heavy atom. The molecule has 0 aliphatic carbocycles. The van der Waals surface area contributed by atoms with Crippen LogP contribution in [-0.2, 0) is 10.0 Å². The van der Waals surface area contributed by atoms with Crippen molar-refractivity contribution in [1.29, 1.82) is 5.26 Å². The molecule has 1 aliphatic rings. The summed E-state index contributed by atoms with van der Waals surface area (Å²) in [6, 6.07) is 12.8.